The third-order valence-electron chi connectivity index (χ3n) is 9.48. The number of hydrogen-bond acceptors (Lipinski definition) is 3. The van der Waals surface area contributed by atoms with Gasteiger partial charge in [0.2, 0.25) is 5.91 Å². The highest BCUT2D eigenvalue weighted by atomic mass is 16.2. The first kappa shape index (κ1) is 25.1. The first-order chi connectivity index (χ1) is 17.6. The van der Waals surface area contributed by atoms with Crippen LogP contribution < -0.4 is 10.6 Å². The first-order valence-corrected chi connectivity index (χ1v) is 14.1. The second-order valence-corrected chi connectivity index (χ2v) is 11.3. The first-order valence-electron chi connectivity index (χ1n) is 14.1. The van der Waals surface area contributed by atoms with Crippen molar-refractivity contribution >= 4 is 5.91 Å². The lowest BCUT2D eigenvalue weighted by Gasteiger charge is -2.55. The summed E-state index contributed by atoms with van der Waals surface area (Å²) in [5.41, 5.74) is 4.65. The maximum Gasteiger partial charge on any atom is 0.223 e. The molecule has 5 rings (SSSR count). The molecule has 0 atom stereocenters. The van der Waals surface area contributed by atoms with Crippen molar-refractivity contribution in [3.8, 4) is 0 Å². The summed E-state index contributed by atoms with van der Waals surface area (Å²) in [6.07, 6.45) is 20.3. The molecule has 0 aromatic heterocycles. The molecule has 1 amide bonds. The average Bonchev–Trinajstić information content (AvgIpc) is 3.46. The Morgan fingerprint density at radius 2 is 1.86 bits per heavy atom. The van der Waals surface area contributed by atoms with Gasteiger partial charge in [-0.2, -0.15) is 0 Å². The van der Waals surface area contributed by atoms with Gasteiger partial charge in [-0.25, -0.2) is 0 Å². The summed E-state index contributed by atoms with van der Waals surface area (Å²) in [6, 6.07) is 10.9. The molecule has 1 aromatic carbocycles. The number of benzene rings is 1. The van der Waals surface area contributed by atoms with Crippen LogP contribution in [-0.4, -0.2) is 36.5 Å². The number of allylic oxidation sites excluding steroid dienone is 4. The predicted octanol–water partition coefficient (Wildman–Crippen LogP) is 6.14. The molecule has 4 nitrogen and oxygen atoms in total. The van der Waals surface area contributed by atoms with Crippen LogP contribution in [0.3, 0.4) is 0 Å². The topological polar surface area (TPSA) is 44.4 Å². The summed E-state index contributed by atoms with van der Waals surface area (Å²) in [4.78, 5) is 16.2. The summed E-state index contributed by atoms with van der Waals surface area (Å²) in [7, 11) is 2.09. The van der Waals surface area contributed by atoms with Gasteiger partial charge in [0.05, 0.1) is 5.54 Å². The Hall–Kier alpha value is -2.59. The number of rotatable bonds is 5. The Bertz CT molecular complexity index is 1040. The van der Waals surface area contributed by atoms with E-state index in [1.165, 1.54) is 42.5 Å². The zero-order chi connectivity index (χ0) is 25.0. The Morgan fingerprint density at radius 1 is 1.11 bits per heavy atom. The van der Waals surface area contributed by atoms with E-state index in [1.54, 1.807) is 0 Å². The van der Waals surface area contributed by atoms with Crippen molar-refractivity contribution in [2.75, 3.05) is 20.1 Å². The average molecular weight is 486 g/mol. The third kappa shape index (κ3) is 4.72. The van der Waals surface area contributed by atoms with Gasteiger partial charge in [-0.1, -0.05) is 86.9 Å². The Kier molecular flexibility index (Phi) is 7.52. The van der Waals surface area contributed by atoms with E-state index in [4.69, 9.17) is 0 Å². The van der Waals surface area contributed by atoms with E-state index in [-0.39, 0.29) is 11.1 Å². The zero-order valence-electron chi connectivity index (χ0n) is 22.0. The lowest BCUT2D eigenvalue weighted by Crippen LogP contribution is -2.62. The molecule has 192 valence electrons. The number of nitrogens with zero attached hydrogens (tertiary/aromatic N) is 1. The third-order valence-corrected chi connectivity index (χ3v) is 9.48. The highest BCUT2D eigenvalue weighted by Gasteiger charge is 2.52. The summed E-state index contributed by atoms with van der Waals surface area (Å²) < 4.78 is 0. The van der Waals surface area contributed by atoms with Gasteiger partial charge in [0.25, 0.3) is 0 Å². The Balaban J connectivity index is 1.48. The van der Waals surface area contributed by atoms with Gasteiger partial charge < -0.3 is 15.5 Å². The molecule has 1 aromatic rings. The van der Waals surface area contributed by atoms with Crippen LogP contribution >= 0.6 is 0 Å². The second-order valence-electron chi connectivity index (χ2n) is 11.3. The molecule has 2 N–H and O–H groups in total. The summed E-state index contributed by atoms with van der Waals surface area (Å²) in [5.74, 6) is 1.09. The molecule has 0 bridgehead atoms. The molecule has 36 heavy (non-hydrogen) atoms. The lowest BCUT2D eigenvalue weighted by atomic mass is 9.65. The van der Waals surface area contributed by atoms with Crippen LogP contribution in [0.4, 0.5) is 0 Å². The number of hydrogen-bond donors (Lipinski definition) is 2. The smallest absolute Gasteiger partial charge is 0.223 e. The second kappa shape index (κ2) is 10.8. The van der Waals surface area contributed by atoms with Crippen molar-refractivity contribution in [1.29, 1.82) is 0 Å². The van der Waals surface area contributed by atoms with Crippen LogP contribution in [0.15, 0.2) is 78.1 Å². The molecule has 2 fully saturated rings. The highest BCUT2D eigenvalue weighted by molar-refractivity contribution is 5.78. The number of amides is 1. The van der Waals surface area contributed by atoms with Crippen molar-refractivity contribution in [2.45, 2.75) is 81.7 Å². The quantitative estimate of drug-likeness (QED) is 0.526. The summed E-state index contributed by atoms with van der Waals surface area (Å²) in [5, 5.41) is 7.49. The van der Waals surface area contributed by atoms with Crippen LogP contribution in [0.25, 0.3) is 0 Å². The van der Waals surface area contributed by atoms with Gasteiger partial charge >= 0.3 is 0 Å². The van der Waals surface area contributed by atoms with Crippen molar-refractivity contribution in [2.24, 2.45) is 5.92 Å². The van der Waals surface area contributed by atoms with E-state index in [9.17, 15) is 4.79 Å². The van der Waals surface area contributed by atoms with Crippen molar-refractivity contribution in [1.82, 2.24) is 15.5 Å². The minimum Gasteiger partial charge on any atom is -0.383 e. The van der Waals surface area contributed by atoms with Crippen LogP contribution in [0.2, 0.25) is 0 Å². The maximum absolute atomic E-state index is 13.9. The van der Waals surface area contributed by atoms with E-state index in [0.717, 1.165) is 63.1 Å². The monoisotopic (exact) mass is 485 g/mol. The molecular weight excluding hydrogens is 442 g/mol. The minimum absolute atomic E-state index is 0.0570. The largest absolute Gasteiger partial charge is 0.383 e. The fourth-order valence-electron chi connectivity index (χ4n) is 7.33. The molecule has 0 saturated heterocycles. The van der Waals surface area contributed by atoms with Gasteiger partial charge in [0, 0.05) is 30.7 Å². The predicted molar refractivity (Wildman–Crippen MR) is 148 cm³/mol. The van der Waals surface area contributed by atoms with Crippen LogP contribution in [0.5, 0.6) is 0 Å². The Morgan fingerprint density at radius 3 is 2.58 bits per heavy atom. The molecule has 4 aliphatic rings. The van der Waals surface area contributed by atoms with Gasteiger partial charge in [0.1, 0.15) is 0 Å². The van der Waals surface area contributed by atoms with E-state index >= 15 is 0 Å². The molecule has 2 saturated carbocycles. The van der Waals surface area contributed by atoms with Gasteiger partial charge in [-0.3, -0.25) is 4.79 Å². The highest BCUT2D eigenvalue weighted by Crippen LogP contribution is 2.50. The molecule has 2 heterocycles. The number of nitrogens with one attached hydrogen (secondary N) is 2. The van der Waals surface area contributed by atoms with Crippen molar-refractivity contribution < 1.29 is 4.79 Å². The van der Waals surface area contributed by atoms with E-state index in [2.05, 4.69) is 83.8 Å². The molecular formula is C32H43N3O. The number of carbonyl (C=O) groups excluding carboxylic acids is 1. The van der Waals surface area contributed by atoms with Crippen LogP contribution in [0.1, 0.15) is 76.2 Å². The van der Waals surface area contributed by atoms with Crippen LogP contribution in [0, 0.1) is 5.92 Å². The fraction of sp³-hybridized carbons (Fsp3) is 0.531. The van der Waals surface area contributed by atoms with Crippen LogP contribution in [-0.2, 0) is 10.3 Å². The van der Waals surface area contributed by atoms with E-state index in [0.29, 0.717) is 12.3 Å². The zero-order valence-corrected chi connectivity index (χ0v) is 22.0. The van der Waals surface area contributed by atoms with Crippen molar-refractivity contribution in [3.05, 3.63) is 83.6 Å². The molecule has 4 heteroatoms. The SMILES string of the molecule is C=C1/C=C\C=C/CNC2=C1CCN(C(=O)CCC1CCCC1)C21CCC(NC)(c2ccccc2)CC1. The standard InChI is InChI=1S/C32H43N3O/c1-25-11-5-4-10-23-34-30-28(25)18-24-35(29(36)17-16-26-12-8-9-13-26)32(30)21-19-31(33-2,20-22-32)27-14-6-3-7-15-27/h3-7,10-11,14-15,26,33-34H,1,8-9,12-13,16-24H2,2H3/b10-4-,11-5-. The van der Waals surface area contributed by atoms with Crippen molar-refractivity contribution in [3.63, 3.8) is 0 Å². The lowest BCUT2D eigenvalue weighted by molar-refractivity contribution is -0.139. The molecule has 0 radical (unpaired) electrons. The summed E-state index contributed by atoms with van der Waals surface area (Å²) in [6.45, 7) is 6.01. The molecule has 1 spiro atoms. The van der Waals surface area contributed by atoms with Gasteiger partial charge in [-0.15, -0.1) is 0 Å². The van der Waals surface area contributed by atoms with Gasteiger partial charge in [0.15, 0.2) is 0 Å². The normalized spacial score (nSPS) is 30.8. The van der Waals surface area contributed by atoms with E-state index < -0.39 is 0 Å². The molecule has 0 unspecified atom stereocenters. The number of carbonyl (C=O) groups is 1. The molecule has 2 aliphatic carbocycles. The van der Waals surface area contributed by atoms with E-state index in [1.807, 2.05) is 0 Å². The minimum atomic E-state index is -0.287. The fourth-order valence-corrected chi connectivity index (χ4v) is 7.33. The molecule has 2 aliphatic heterocycles. The Labute approximate surface area is 217 Å². The number of fused-ring (bicyclic) bond motifs is 1. The summed E-state index contributed by atoms with van der Waals surface area (Å²) >= 11 is 0. The maximum atomic E-state index is 13.9. The van der Waals surface area contributed by atoms with Gasteiger partial charge in [-0.05, 0) is 68.2 Å².